The second-order valence-electron chi connectivity index (χ2n) is 6.68. The van der Waals surface area contributed by atoms with Crippen molar-refractivity contribution in [3.63, 3.8) is 0 Å². The monoisotopic (exact) mass is 317 g/mol. The molecule has 3 heterocycles. The van der Waals surface area contributed by atoms with Crippen LogP contribution in [0.1, 0.15) is 43.0 Å². The molecular formula is C17H25N4S+. The van der Waals surface area contributed by atoms with E-state index in [9.17, 15) is 0 Å². The molecule has 0 aromatic carbocycles. The zero-order valence-electron chi connectivity index (χ0n) is 13.3. The van der Waals surface area contributed by atoms with Gasteiger partial charge in [0.1, 0.15) is 17.0 Å². The fourth-order valence-corrected chi connectivity index (χ4v) is 5.23. The van der Waals surface area contributed by atoms with E-state index in [1.807, 2.05) is 11.3 Å². The Morgan fingerprint density at radius 3 is 2.95 bits per heavy atom. The Morgan fingerprint density at radius 2 is 2.14 bits per heavy atom. The van der Waals surface area contributed by atoms with Gasteiger partial charge in [-0.15, -0.1) is 11.3 Å². The number of nitrogens with one attached hydrogen (secondary N) is 2. The van der Waals surface area contributed by atoms with Gasteiger partial charge in [-0.25, -0.2) is 9.97 Å². The molecule has 0 unspecified atom stereocenters. The highest BCUT2D eigenvalue weighted by molar-refractivity contribution is 7.19. The number of anilines is 1. The first-order valence-corrected chi connectivity index (χ1v) is 9.52. The predicted molar refractivity (Wildman–Crippen MR) is 91.9 cm³/mol. The van der Waals surface area contributed by atoms with Crippen LogP contribution in [0.15, 0.2) is 6.33 Å². The van der Waals surface area contributed by atoms with Gasteiger partial charge in [0.05, 0.1) is 25.0 Å². The third kappa shape index (κ3) is 2.61. The summed E-state index contributed by atoms with van der Waals surface area (Å²) in [6, 6.07) is 0.579. The highest BCUT2D eigenvalue weighted by Gasteiger charge is 2.25. The summed E-state index contributed by atoms with van der Waals surface area (Å²) in [5, 5.41) is 5.07. The van der Waals surface area contributed by atoms with Crippen LogP contribution in [-0.2, 0) is 12.8 Å². The molecular weight excluding hydrogens is 292 g/mol. The Balaban J connectivity index is 1.53. The lowest BCUT2D eigenvalue weighted by molar-refractivity contribution is -0.905. The molecule has 5 heteroatoms. The highest BCUT2D eigenvalue weighted by atomic mass is 32.1. The molecule has 0 atom stereocenters. The van der Waals surface area contributed by atoms with Gasteiger partial charge in [-0.2, -0.15) is 0 Å². The summed E-state index contributed by atoms with van der Waals surface area (Å²) in [5.41, 5.74) is 1.53. The Hall–Kier alpha value is -1.20. The molecule has 4 nitrogen and oxygen atoms in total. The van der Waals surface area contributed by atoms with E-state index in [1.165, 1.54) is 73.9 Å². The zero-order valence-corrected chi connectivity index (χ0v) is 14.1. The molecule has 0 amide bonds. The van der Waals surface area contributed by atoms with Gasteiger partial charge >= 0.3 is 0 Å². The Kier molecular flexibility index (Phi) is 4.01. The van der Waals surface area contributed by atoms with E-state index in [2.05, 4.69) is 22.2 Å². The second kappa shape index (κ2) is 6.13. The largest absolute Gasteiger partial charge is 0.366 e. The second-order valence-corrected chi connectivity index (χ2v) is 7.76. The number of aromatic nitrogens is 2. The topological polar surface area (TPSA) is 42.2 Å². The minimum atomic E-state index is 0.579. The number of piperidine rings is 1. The minimum absolute atomic E-state index is 0.579. The quantitative estimate of drug-likeness (QED) is 0.907. The lowest BCUT2D eigenvalue weighted by atomic mass is 10.0. The molecule has 118 valence electrons. The third-order valence-corrected chi connectivity index (χ3v) is 6.34. The van der Waals surface area contributed by atoms with Crippen molar-refractivity contribution < 1.29 is 4.90 Å². The molecule has 1 aliphatic carbocycles. The Labute approximate surface area is 136 Å². The number of quaternary nitrogens is 1. The van der Waals surface area contributed by atoms with Crippen molar-refractivity contribution in [3.8, 4) is 0 Å². The van der Waals surface area contributed by atoms with Crippen molar-refractivity contribution in [1.29, 1.82) is 0 Å². The van der Waals surface area contributed by atoms with Gasteiger partial charge < -0.3 is 10.2 Å². The number of nitrogens with zero attached hydrogens (tertiary/aromatic N) is 2. The molecule has 22 heavy (non-hydrogen) atoms. The fraction of sp³-hybridized carbons (Fsp3) is 0.647. The smallest absolute Gasteiger partial charge is 0.138 e. The van der Waals surface area contributed by atoms with Gasteiger partial charge in [0.15, 0.2) is 0 Å². The van der Waals surface area contributed by atoms with E-state index in [4.69, 9.17) is 0 Å². The van der Waals surface area contributed by atoms with Gasteiger partial charge in [-0.1, -0.05) is 6.92 Å². The number of hydrogen-bond acceptors (Lipinski definition) is 4. The average Bonchev–Trinajstić information content (AvgIpc) is 3.10. The van der Waals surface area contributed by atoms with E-state index in [1.54, 1.807) is 16.1 Å². The lowest BCUT2D eigenvalue weighted by Crippen LogP contribution is -3.13. The SMILES string of the molecule is CCC[NH+]1CCC(Nc2ncnc3sc4c(c23)CCC4)CC1. The van der Waals surface area contributed by atoms with Gasteiger partial charge in [0, 0.05) is 23.8 Å². The number of aryl methyl sites for hydroxylation is 2. The van der Waals surface area contributed by atoms with E-state index < -0.39 is 0 Å². The van der Waals surface area contributed by atoms with E-state index >= 15 is 0 Å². The van der Waals surface area contributed by atoms with E-state index in [0.29, 0.717) is 6.04 Å². The Morgan fingerprint density at radius 1 is 1.27 bits per heavy atom. The van der Waals surface area contributed by atoms with Crippen molar-refractivity contribution >= 4 is 27.4 Å². The molecule has 2 aromatic heterocycles. The molecule has 2 aromatic rings. The summed E-state index contributed by atoms with van der Waals surface area (Å²) >= 11 is 1.87. The molecule has 0 spiro atoms. The van der Waals surface area contributed by atoms with Gasteiger partial charge in [0.2, 0.25) is 0 Å². The molecule has 1 aliphatic heterocycles. The van der Waals surface area contributed by atoms with Gasteiger partial charge in [0.25, 0.3) is 0 Å². The molecule has 0 saturated carbocycles. The van der Waals surface area contributed by atoms with Crippen molar-refractivity contribution in [2.75, 3.05) is 25.0 Å². The van der Waals surface area contributed by atoms with Crippen LogP contribution in [0.5, 0.6) is 0 Å². The molecule has 1 fully saturated rings. The van der Waals surface area contributed by atoms with E-state index in [0.717, 1.165) is 5.82 Å². The van der Waals surface area contributed by atoms with Crippen molar-refractivity contribution in [3.05, 3.63) is 16.8 Å². The molecule has 2 aliphatic rings. The maximum absolute atomic E-state index is 4.58. The zero-order chi connectivity index (χ0) is 14.9. The van der Waals surface area contributed by atoms with Crippen LogP contribution in [0.3, 0.4) is 0 Å². The summed E-state index contributed by atoms with van der Waals surface area (Å²) < 4.78 is 0. The first-order valence-electron chi connectivity index (χ1n) is 8.70. The molecule has 0 radical (unpaired) electrons. The maximum Gasteiger partial charge on any atom is 0.138 e. The predicted octanol–water partition coefficient (Wildman–Crippen LogP) is 2.05. The normalized spacial score (nSPS) is 24.6. The summed E-state index contributed by atoms with van der Waals surface area (Å²) in [5.74, 6) is 1.09. The first-order chi connectivity index (χ1) is 10.8. The van der Waals surface area contributed by atoms with Crippen LogP contribution in [-0.4, -0.2) is 35.6 Å². The molecule has 2 N–H and O–H groups in total. The van der Waals surface area contributed by atoms with Crippen molar-refractivity contribution in [2.24, 2.45) is 0 Å². The fourth-order valence-electron chi connectivity index (χ4n) is 4.01. The Bertz CT molecular complexity index is 658. The van der Waals surface area contributed by atoms with Crippen LogP contribution >= 0.6 is 11.3 Å². The molecule has 1 saturated heterocycles. The summed E-state index contributed by atoms with van der Waals surface area (Å²) in [6.45, 7) is 6.19. The van der Waals surface area contributed by atoms with Gasteiger partial charge in [-0.05, 0) is 31.2 Å². The number of thiophene rings is 1. The van der Waals surface area contributed by atoms with Gasteiger partial charge in [-0.3, -0.25) is 0 Å². The van der Waals surface area contributed by atoms with Crippen molar-refractivity contribution in [1.82, 2.24) is 9.97 Å². The van der Waals surface area contributed by atoms with Crippen LogP contribution in [0.2, 0.25) is 0 Å². The standard InChI is InChI=1S/C17H24N4S/c1-2-8-21-9-6-12(7-10-21)20-16-15-13-4-3-5-14(13)22-17(15)19-11-18-16/h11-12H,2-10H2,1H3,(H,18,19,20)/p+1. The van der Waals surface area contributed by atoms with Crippen molar-refractivity contribution in [2.45, 2.75) is 51.5 Å². The lowest BCUT2D eigenvalue weighted by Gasteiger charge is -2.30. The minimum Gasteiger partial charge on any atom is -0.366 e. The molecule has 4 rings (SSSR count). The maximum atomic E-state index is 4.58. The summed E-state index contributed by atoms with van der Waals surface area (Å²) in [4.78, 5) is 13.6. The summed E-state index contributed by atoms with van der Waals surface area (Å²) in [6.07, 6.45) is 9.27. The van der Waals surface area contributed by atoms with Crippen LogP contribution in [0.25, 0.3) is 10.2 Å². The van der Waals surface area contributed by atoms with E-state index in [-0.39, 0.29) is 0 Å². The molecule has 0 bridgehead atoms. The highest BCUT2D eigenvalue weighted by Crippen LogP contribution is 2.39. The average molecular weight is 317 g/mol. The van der Waals surface area contributed by atoms with Crippen LogP contribution in [0, 0.1) is 0 Å². The van der Waals surface area contributed by atoms with Crippen LogP contribution < -0.4 is 10.2 Å². The first kappa shape index (κ1) is 14.4. The number of hydrogen-bond donors (Lipinski definition) is 2. The number of likely N-dealkylation sites (tertiary alicyclic amines) is 1. The third-order valence-electron chi connectivity index (χ3n) is 5.14. The summed E-state index contributed by atoms with van der Waals surface area (Å²) in [7, 11) is 0. The number of fused-ring (bicyclic) bond motifs is 3. The van der Waals surface area contributed by atoms with Crippen LogP contribution in [0.4, 0.5) is 5.82 Å². The number of rotatable bonds is 4.